The molecule has 6 rings (SSSR count). The molecule has 2 bridgehead atoms. The Kier molecular flexibility index (Phi) is 3.21. The molecule has 5 heteroatoms. The fourth-order valence-electron chi connectivity index (χ4n) is 5.38. The van der Waals surface area contributed by atoms with Crippen molar-refractivity contribution in [2.75, 3.05) is 11.9 Å². The van der Waals surface area contributed by atoms with Crippen molar-refractivity contribution >= 4 is 23.4 Å². The van der Waals surface area contributed by atoms with Crippen LogP contribution in [0.1, 0.15) is 17.5 Å². The van der Waals surface area contributed by atoms with Crippen molar-refractivity contribution in [3.8, 4) is 0 Å². The normalized spacial score (nSPS) is 36.2. The van der Waals surface area contributed by atoms with Gasteiger partial charge in [-0.2, -0.15) is 0 Å². The van der Waals surface area contributed by atoms with Crippen LogP contribution in [0, 0.1) is 49.4 Å². The summed E-state index contributed by atoms with van der Waals surface area (Å²) >= 11 is 0. The second kappa shape index (κ2) is 5.29. The Hall–Kier alpha value is -2.43. The van der Waals surface area contributed by atoms with Gasteiger partial charge < -0.3 is 5.32 Å². The van der Waals surface area contributed by atoms with Gasteiger partial charge in [0.05, 0.1) is 11.8 Å². The average Bonchev–Trinajstić information content (AvgIpc) is 3.39. The quantitative estimate of drug-likeness (QED) is 0.672. The number of allylic oxidation sites excluding steroid dienone is 2. The summed E-state index contributed by atoms with van der Waals surface area (Å²) in [4.78, 5) is 39.5. The van der Waals surface area contributed by atoms with E-state index in [1.54, 1.807) is 0 Å². The predicted octanol–water partition coefficient (Wildman–Crippen LogP) is 2.30. The third-order valence-corrected chi connectivity index (χ3v) is 6.72. The summed E-state index contributed by atoms with van der Waals surface area (Å²) in [7, 11) is 0. The monoisotopic (exact) mass is 350 g/mol. The molecular weight excluding hydrogens is 328 g/mol. The molecule has 0 radical (unpaired) electrons. The summed E-state index contributed by atoms with van der Waals surface area (Å²) in [5.74, 6) is 0.436. The molecule has 1 saturated heterocycles. The van der Waals surface area contributed by atoms with E-state index in [4.69, 9.17) is 0 Å². The number of nitrogens with zero attached hydrogens (tertiary/aromatic N) is 1. The van der Waals surface area contributed by atoms with Crippen molar-refractivity contribution in [1.29, 1.82) is 0 Å². The lowest BCUT2D eigenvalue weighted by Crippen LogP contribution is -2.40. The van der Waals surface area contributed by atoms with Gasteiger partial charge in [0.1, 0.15) is 6.54 Å². The molecule has 1 aliphatic heterocycles. The van der Waals surface area contributed by atoms with Crippen LogP contribution in [0.4, 0.5) is 5.69 Å². The Morgan fingerprint density at radius 2 is 1.69 bits per heavy atom. The summed E-state index contributed by atoms with van der Waals surface area (Å²) in [6, 6.07) is 5.83. The molecule has 1 aromatic carbocycles. The fraction of sp³-hybridized carbons (Fsp3) is 0.476. The lowest BCUT2D eigenvalue weighted by Gasteiger charge is -2.37. The van der Waals surface area contributed by atoms with Crippen LogP contribution in [0.15, 0.2) is 30.4 Å². The van der Waals surface area contributed by atoms with Gasteiger partial charge in [0.15, 0.2) is 0 Å². The smallest absolute Gasteiger partial charge is 0.244 e. The number of anilines is 1. The maximum Gasteiger partial charge on any atom is 0.244 e. The molecule has 1 N–H and O–H groups in total. The number of amides is 3. The minimum atomic E-state index is -0.315. The van der Waals surface area contributed by atoms with Crippen LogP contribution in [-0.4, -0.2) is 29.2 Å². The molecule has 0 aromatic heterocycles. The first-order valence-electron chi connectivity index (χ1n) is 9.36. The first kappa shape index (κ1) is 15.8. The van der Waals surface area contributed by atoms with E-state index < -0.39 is 0 Å². The number of rotatable bonds is 3. The van der Waals surface area contributed by atoms with E-state index in [2.05, 4.69) is 17.5 Å². The van der Waals surface area contributed by atoms with Gasteiger partial charge in [-0.15, -0.1) is 0 Å². The minimum absolute atomic E-state index is 0.152. The number of carbonyl (C=O) groups excluding carboxylic acids is 3. The maximum absolute atomic E-state index is 12.9. The molecule has 0 unspecified atom stereocenters. The summed E-state index contributed by atoms with van der Waals surface area (Å²) in [5.41, 5.74) is 2.74. The zero-order chi connectivity index (χ0) is 18.2. The van der Waals surface area contributed by atoms with Gasteiger partial charge in [-0.25, -0.2) is 0 Å². The van der Waals surface area contributed by atoms with Gasteiger partial charge in [-0.3, -0.25) is 19.3 Å². The zero-order valence-corrected chi connectivity index (χ0v) is 14.9. The largest absolute Gasteiger partial charge is 0.324 e. The number of likely N-dealkylation sites (tertiary alicyclic amines) is 1. The fourth-order valence-corrected chi connectivity index (χ4v) is 5.38. The number of aryl methyl sites for hydroxylation is 2. The van der Waals surface area contributed by atoms with Crippen LogP contribution in [0.3, 0.4) is 0 Å². The van der Waals surface area contributed by atoms with Gasteiger partial charge >= 0.3 is 0 Å². The van der Waals surface area contributed by atoms with E-state index in [-0.39, 0.29) is 47.9 Å². The number of hydrogen-bond acceptors (Lipinski definition) is 3. The van der Waals surface area contributed by atoms with Crippen molar-refractivity contribution in [1.82, 2.24) is 4.90 Å². The second-order valence-electron chi connectivity index (χ2n) is 8.28. The van der Waals surface area contributed by atoms with E-state index >= 15 is 0 Å². The van der Waals surface area contributed by atoms with Gasteiger partial charge in [0.25, 0.3) is 0 Å². The Bertz CT molecular complexity index is 838. The van der Waals surface area contributed by atoms with E-state index in [0.717, 1.165) is 23.2 Å². The highest BCUT2D eigenvalue weighted by Gasteiger charge is 2.67. The molecule has 0 spiro atoms. The predicted molar refractivity (Wildman–Crippen MR) is 96.0 cm³/mol. The number of nitrogens with one attached hydrogen (secondary N) is 1. The minimum Gasteiger partial charge on any atom is -0.324 e. The number of carbonyl (C=O) groups is 3. The van der Waals surface area contributed by atoms with Crippen LogP contribution in [0.25, 0.3) is 0 Å². The van der Waals surface area contributed by atoms with E-state index in [9.17, 15) is 14.4 Å². The first-order chi connectivity index (χ1) is 12.5. The van der Waals surface area contributed by atoms with Gasteiger partial charge in [-0.1, -0.05) is 24.3 Å². The van der Waals surface area contributed by atoms with Crippen molar-refractivity contribution < 1.29 is 14.4 Å². The van der Waals surface area contributed by atoms with Crippen LogP contribution in [0.2, 0.25) is 0 Å². The first-order valence-corrected chi connectivity index (χ1v) is 9.36. The highest BCUT2D eigenvalue weighted by molar-refractivity contribution is 6.09. The van der Waals surface area contributed by atoms with Crippen molar-refractivity contribution in [2.24, 2.45) is 35.5 Å². The zero-order valence-electron chi connectivity index (χ0n) is 14.9. The Morgan fingerprint density at radius 3 is 2.31 bits per heavy atom. The lowest BCUT2D eigenvalue weighted by molar-refractivity contribution is -0.142. The van der Waals surface area contributed by atoms with Crippen LogP contribution in [-0.2, 0) is 14.4 Å². The van der Waals surface area contributed by atoms with Crippen LogP contribution < -0.4 is 5.32 Å². The summed E-state index contributed by atoms with van der Waals surface area (Å²) in [6.45, 7) is 3.69. The van der Waals surface area contributed by atoms with E-state index in [0.29, 0.717) is 11.8 Å². The number of hydrogen-bond donors (Lipinski definition) is 1. The molecule has 5 aliphatic rings. The summed E-state index contributed by atoms with van der Waals surface area (Å²) < 4.78 is 0. The van der Waals surface area contributed by atoms with Gasteiger partial charge in [-0.05, 0) is 61.1 Å². The van der Waals surface area contributed by atoms with E-state index in [1.165, 1.54) is 4.90 Å². The van der Waals surface area contributed by atoms with Crippen LogP contribution >= 0.6 is 0 Å². The maximum atomic E-state index is 12.9. The van der Waals surface area contributed by atoms with Crippen molar-refractivity contribution in [2.45, 2.75) is 20.3 Å². The third-order valence-electron chi connectivity index (χ3n) is 6.72. The standard InChI is InChI=1S/C21H22N2O3/c1-10-3-4-11(2)16(7-10)22-17(24)9-23-20(25)18-12-5-6-13(15-8-14(12)15)19(18)21(23)26/h3-7,12-15,18-19H,8-9H2,1-2H3,(H,22,24)/t12-,13-,14-,15-,18-,19+/m0/s1. The molecule has 3 fully saturated rings. The van der Waals surface area contributed by atoms with Crippen molar-refractivity contribution in [3.63, 3.8) is 0 Å². The Morgan fingerprint density at radius 1 is 1.08 bits per heavy atom. The Balaban J connectivity index is 1.34. The molecule has 3 amide bonds. The second-order valence-corrected chi connectivity index (χ2v) is 8.28. The number of imide groups is 1. The number of benzene rings is 1. The Labute approximate surface area is 152 Å². The topological polar surface area (TPSA) is 66.5 Å². The molecule has 1 heterocycles. The van der Waals surface area contributed by atoms with Gasteiger partial charge in [0.2, 0.25) is 17.7 Å². The molecule has 134 valence electrons. The SMILES string of the molecule is Cc1ccc(C)c(NC(=O)CN2C(=O)[C@@H]3[C@H]4C=C[C@@H]([C@@H]5C[C@@H]45)[C@@H]3C2=O)c1. The van der Waals surface area contributed by atoms with Crippen LogP contribution in [0.5, 0.6) is 0 Å². The molecule has 6 atom stereocenters. The molecule has 1 aromatic rings. The molecule has 5 nitrogen and oxygen atoms in total. The highest BCUT2D eigenvalue weighted by atomic mass is 16.2. The third kappa shape index (κ3) is 2.12. The summed E-state index contributed by atoms with van der Waals surface area (Å²) in [6.07, 6.45) is 5.43. The summed E-state index contributed by atoms with van der Waals surface area (Å²) in [5, 5.41) is 2.86. The molecule has 26 heavy (non-hydrogen) atoms. The van der Waals surface area contributed by atoms with Crippen molar-refractivity contribution in [3.05, 3.63) is 41.5 Å². The molecule has 4 aliphatic carbocycles. The van der Waals surface area contributed by atoms with E-state index in [1.807, 2.05) is 32.0 Å². The van der Waals surface area contributed by atoms with Gasteiger partial charge in [0, 0.05) is 5.69 Å². The highest BCUT2D eigenvalue weighted by Crippen LogP contribution is 2.65. The average molecular weight is 350 g/mol. The molecular formula is C21H22N2O3. The molecule has 2 saturated carbocycles. The lowest BCUT2D eigenvalue weighted by atomic mass is 9.63.